The number of Topliss-reactive ketones (excluding diaryl/α,β-unsaturated/α-hetero) is 1. The van der Waals surface area contributed by atoms with Gasteiger partial charge in [0.05, 0.1) is 0 Å². The van der Waals surface area contributed by atoms with Gasteiger partial charge in [-0.1, -0.05) is 50.3 Å². The first-order chi connectivity index (χ1) is 7.00. The lowest BCUT2D eigenvalue weighted by atomic mass is 9.99. The molecular weight excluding hydrogens is 184 g/mol. The molecule has 0 saturated heterocycles. The van der Waals surface area contributed by atoms with Crippen LogP contribution in [0.5, 0.6) is 0 Å². The summed E-state index contributed by atoms with van der Waals surface area (Å²) in [7, 11) is 0. The molecule has 0 aromatic heterocycles. The highest BCUT2D eigenvalue weighted by molar-refractivity contribution is 5.97. The molecule has 0 amide bonds. The van der Waals surface area contributed by atoms with Gasteiger partial charge in [-0.3, -0.25) is 4.79 Å². The number of hydrogen-bond acceptors (Lipinski definition) is 1. The number of hydrogen-bond donors (Lipinski definition) is 0. The van der Waals surface area contributed by atoms with E-state index in [4.69, 9.17) is 0 Å². The summed E-state index contributed by atoms with van der Waals surface area (Å²) in [5.41, 5.74) is 2.96. The highest BCUT2D eigenvalue weighted by atomic mass is 16.1. The van der Waals surface area contributed by atoms with E-state index in [1.54, 1.807) is 0 Å². The third kappa shape index (κ3) is 3.35. The maximum atomic E-state index is 11.7. The maximum Gasteiger partial charge on any atom is 0.166 e. The van der Waals surface area contributed by atoms with Gasteiger partial charge in [-0.25, -0.2) is 0 Å². The Morgan fingerprint density at radius 1 is 1.27 bits per heavy atom. The fourth-order valence-electron chi connectivity index (χ4n) is 1.43. The summed E-state index contributed by atoms with van der Waals surface area (Å²) in [6.45, 7) is 9.91. The van der Waals surface area contributed by atoms with Gasteiger partial charge in [0.25, 0.3) is 0 Å². The van der Waals surface area contributed by atoms with E-state index in [1.165, 1.54) is 5.56 Å². The lowest BCUT2D eigenvalue weighted by molar-refractivity contribution is 0.0993. The topological polar surface area (TPSA) is 17.1 Å². The summed E-state index contributed by atoms with van der Waals surface area (Å²) >= 11 is 0. The first-order valence-electron chi connectivity index (χ1n) is 5.28. The van der Waals surface area contributed by atoms with E-state index >= 15 is 0 Å². The molecule has 15 heavy (non-hydrogen) atoms. The molecule has 1 aromatic carbocycles. The van der Waals surface area contributed by atoms with Crippen LogP contribution in [0.4, 0.5) is 0 Å². The van der Waals surface area contributed by atoms with Crippen LogP contribution in [-0.4, -0.2) is 5.78 Å². The second-order valence-corrected chi connectivity index (χ2v) is 4.33. The minimum Gasteiger partial charge on any atom is -0.294 e. The van der Waals surface area contributed by atoms with Gasteiger partial charge in [-0.15, -0.1) is 0 Å². The zero-order chi connectivity index (χ0) is 11.4. The van der Waals surface area contributed by atoms with Crippen LogP contribution in [0.25, 0.3) is 0 Å². The molecule has 0 heterocycles. The number of carbonyl (C=O) groups excluding carboxylic acids is 1. The number of benzene rings is 1. The smallest absolute Gasteiger partial charge is 0.166 e. The van der Waals surface area contributed by atoms with Crippen molar-refractivity contribution < 1.29 is 4.79 Å². The molecule has 0 saturated carbocycles. The average Bonchev–Trinajstić information content (AvgIpc) is 2.17. The van der Waals surface area contributed by atoms with E-state index in [1.807, 2.05) is 31.2 Å². The van der Waals surface area contributed by atoms with Crippen LogP contribution < -0.4 is 0 Å². The molecule has 0 aliphatic heterocycles. The predicted molar refractivity (Wildman–Crippen MR) is 64.3 cm³/mol. The van der Waals surface area contributed by atoms with Crippen LogP contribution >= 0.6 is 0 Å². The second kappa shape index (κ2) is 4.92. The van der Waals surface area contributed by atoms with Gasteiger partial charge in [0, 0.05) is 12.0 Å². The number of carbonyl (C=O) groups is 1. The number of rotatable bonds is 4. The molecule has 0 bridgehead atoms. The Morgan fingerprint density at radius 3 is 2.20 bits per heavy atom. The van der Waals surface area contributed by atoms with Crippen molar-refractivity contribution >= 4 is 5.78 Å². The SMILES string of the molecule is C=C(C)CC(=O)c1ccc(C(C)C)cc1. The van der Waals surface area contributed by atoms with Crippen LogP contribution in [0.15, 0.2) is 36.4 Å². The Hall–Kier alpha value is -1.37. The normalized spacial score (nSPS) is 10.4. The Kier molecular flexibility index (Phi) is 3.84. The molecule has 0 fully saturated rings. The Labute approximate surface area is 91.8 Å². The summed E-state index contributed by atoms with van der Waals surface area (Å²) in [4.78, 5) is 11.7. The Morgan fingerprint density at radius 2 is 1.80 bits per heavy atom. The van der Waals surface area contributed by atoms with Crippen LogP contribution in [-0.2, 0) is 0 Å². The Bertz CT molecular complexity index is 357. The van der Waals surface area contributed by atoms with E-state index in [9.17, 15) is 4.79 Å². The van der Waals surface area contributed by atoms with Crippen LogP contribution in [0.1, 0.15) is 49.0 Å². The average molecular weight is 202 g/mol. The summed E-state index contributed by atoms with van der Waals surface area (Å²) < 4.78 is 0. The summed E-state index contributed by atoms with van der Waals surface area (Å²) in [5, 5.41) is 0. The fraction of sp³-hybridized carbons (Fsp3) is 0.357. The van der Waals surface area contributed by atoms with Crippen molar-refractivity contribution in [3.8, 4) is 0 Å². The molecule has 0 aliphatic rings. The third-order valence-electron chi connectivity index (χ3n) is 2.36. The lowest BCUT2D eigenvalue weighted by Crippen LogP contribution is -1.99. The zero-order valence-electron chi connectivity index (χ0n) is 9.71. The first-order valence-corrected chi connectivity index (χ1v) is 5.28. The summed E-state index contributed by atoms with van der Waals surface area (Å²) in [6.07, 6.45) is 0.445. The highest BCUT2D eigenvalue weighted by Crippen LogP contribution is 2.16. The molecular formula is C14H18O. The molecule has 0 aliphatic carbocycles. The molecule has 0 N–H and O–H groups in total. The first kappa shape index (κ1) is 11.7. The molecule has 1 nitrogen and oxygen atoms in total. The molecule has 0 atom stereocenters. The maximum absolute atomic E-state index is 11.7. The van der Waals surface area contributed by atoms with Crippen molar-refractivity contribution in [3.05, 3.63) is 47.5 Å². The standard InChI is InChI=1S/C14H18O/c1-10(2)9-14(15)13-7-5-12(6-8-13)11(3)4/h5-8,11H,1,9H2,2-4H3. The van der Waals surface area contributed by atoms with Crippen molar-refractivity contribution in [2.24, 2.45) is 0 Å². The van der Waals surface area contributed by atoms with Crippen LogP contribution in [0, 0.1) is 0 Å². The van der Waals surface area contributed by atoms with E-state index in [-0.39, 0.29) is 5.78 Å². The molecule has 1 rings (SSSR count). The predicted octanol–water partition coefficient (Wildman–Crippen LogP) is 3.96. The summed E-state index contributed by atoms with van der Waals surface area (Å²) in [5.74, 6) is 0.660. The highest BCUT2D eigenvalue weighted by Gasteiger charge is 2.06. The number of ketones is 1. The summed E-state index contributed by atoms with van der Waals surface area (Å²) in [6, 6.07) is 7.86. The zero-order valence-corrected chi connectivity index (χ0v) is 9.71. The minimum atomic E-state index is 0.151. The van der Waals surface area contributed by atoms with Gasteiger partial charge in [0.15, 0.2) is 5.78 Å². The monoisotopic (exact) mass is 202 g/mol. The minimum absolute atomic E-state index is 0.151. The van der Waals surface area contributed by atoms with Gasteiger partial charge < -0.3 is 0 Å². The Balaban J connectivity index is 2.80. The van der Waals surface area contributed by atoms with E-state index in [0.29, 0.717) is 12.3 Å². The molecule has 1 heteroatoms. The third-order valence-corrected chi connectivity index (χ3v) is 2.36. The van der Waals surface area contributed by atoms with Crippen molar-refractivity contribution in [1.29, 1.82) is 0 Å². The largest absolute Gasteiger partial charge is 0.294 e. The molecule has 0 unspecified atom stereocenters. The van der Waals surface area contributed by atoms with Gasteiger partial charge in [-0.2, -0.15) is 0 Å². The van der Waals surface area contributed by atoms with E-state index in [0.717, 1.165) is 11.1 Å². The van der Waals surface area contributed by atoms with Crippen LogP contribution in [0.3, 0.4) is 0 Å². The molecule has 0 radical (unpaired) electrons. The van der Waals surface area contributed by atoms with Crippen molar-refractivity contribution in [2.45, 2.75) is 33.1 Å². The van der Waals surface area contributed by atoms with Crippen molar-refractivity contribution in [3.63, 3.8) is 0 Å². The van der Waals surface area contributed by atoms with Gasteiger partial charge in [0.2, 0.25) is 0 Å². The van der Waals surface area contributed by atoms with Gasteiger partial charge in [-0.05, 0) is 18.4 Å². The van der Waals surface area contributed by atoms with E-state index < -0.39 is 0 Å². The lowest BCUT2D eigenvalue weighted by Gasteiger charge is -2.06. The molecule has 1 aromatic rings. The molecule has 0 spiro atoms. The second-order valence-electron chi connectivity index (χ2n) is 4.33. The number of allylic oxidation sites excluding steroid dienone is 1. The van der Waals surface area contributed by atoms with Gasteiger partial charge >= 0.3 is 0 Å². The van der Waals surface area contributed by atoms with Crippen LogP contribution in [0.2, 0.25) is 0 Å². The van der Waals surface area contributed by atoms with Crippen molar-refractivity contribution in [2.75, 3.05) is 0 Å². The fourth-order valence-corrected chi connectivity index (χ4v) is 1.43. The van der Waals surface area contributed by atoms with Crippen molar-refractivity contribution in [1.82, 2.24) is 0 Å². The molecule has 80 valence electrons. The quantitative estimate of drug-likeness (QED) is 0.533. The van der Waals surface area contributed by atoms with E-state index in [2.05, 4.69) is 20.4 Å². The van der Waals surface area contributed by atoms with Gasteiger partial charge in [0.1, 0.15) is 0 Å².